The highest BCUT2D eigenvalue weighted by atomic mass is 32.2. The first-order valence-corrected chi connectivity index (χ1v) is 7.42. The van der Waals surface area contributed by atoms with E-state index in [1.807, 2.05) is 12.1 Å². The van der Waals surface area contributed by atoms with Crippen molar-refractivity contribution in [3.8, 4) is 22.8 Å². The highest BCUT2D eigenvalue weighted by molar-refractivity contribution is 7.86. The zero-order valence-corrected chi connectivity index (χ0v) is 11.4. The fourth-order valence-corrected chi connectivity index (χ4v) is 3.10. The summed E-state index contributed by atoms with van der Waals surface area (Å²) >= 11 is 0. The molecule has 0 radical (unpaired) electrons. The van der Waals surface area contributed by atoms with Crippen LogP contribution >= 0.6 is 0 Å². The number of hydrogen-bond donors (Lipinski definition) is 4. The van der Waals surface area contributed by atoms with Gasteiger partial charge in [0.15, 0.2) is 0 Å². The summed E-state index contributed by atoms with van der Waals surface area (Å²) in [4.78, 5) is 2.22. The zero-order valence-electron chi connectivity index (χ0n) is 10.6. The topological polar surface area (TPSA) is 111 Å². The van der Waals surface area contributed by atoms with E-state index >= 15 is 0 Å². The molecule has 0 aliphatic rings. The molecular weight excluding hydrogens is 294 g/mol. The van der Waals surface area contributed by atoms with Crippen molar-refractivity contribution in [2.45, 2.75) is 4.90 Å². The second-order valence-electron chi connectivity index (χ2n) is 4.55. The monoisotopic (exact) mass is 305 g/mol. The highest BCUT2D eigenvalue weighted by Gasteiger charge is 2.25. The van der Waals surface area contributed by atoms with E-state index in [1.54, 1.807) is 18.2 Å². The smallest absolute Gasteiger partial charge is 0.299 e. The number of rotatable bonds is 2. The van der Waals surface area contributed by atoms with Crippen LogP contribution < -0.4 is 0 Å². The van der Waals surface area contributed by atoms with Gasteiger partial charge in [0.25, 0.3) is 10.1 Å². The van der Waals surface area contributed by atoms with Crippen molar-refractivity contribution in [1.29, 1.82) is 0 Å². The van der Waals surface area contributed by atoms with Crippen LogP contribution in [0.2, 0.25) is 0 Å². The van der Waals surface area contributed by atoms with Crippen LogP contribution in [-0.4, -0.2) is 28.2 Å². The van der Waals surface area contributed by atoms with Crippen molar-refractivity contribution < 1.29 is 23.2 Å². The van der Waals surface area contributed by atoms with Gasteiger partial charge in [-0.3, -0.25) is 4.55 Å². The van der Waals surface area contributed by atoms with Gasteiger partial charge in [-0.15, -0.1) is 0 Å². The Morgan fingerprint density at radius 3 is 2.29 bits per heavy atom. The van der Waals surface area contributed by atoms with Gasteiger partial charge < -0.3 is 15.2 Å². The number of benzene rings is 2. The molecule has 4 N–H and O–H groups in total. The SMILES string of the molecule is O=S(=O)(O)c1c(O)ccc(O)c1-c1cc2ccccc2[nH]1. The summed E-state index contributed by atoms with van der Waals surface area (Å²) in [5.41, 5.74) is 0.836. The lowest BCUT2D eigenvalue weighted by Crippen LogP contribution is -2.02. The van der Waals surface area contributed by atoms with Crippen molar-refractivity contribution in [2.24, 2.45) is 0 Å². The molecule has 21 heavy (non-hydrogen) atoms. The van der Waals surface area contributed by atoms with Crippen molar-refractivity contribution in [3.05, 3.63) is 42.5 Å². The molecule has 1 heterocycles. The van der Waals surface area contributed by atoms with Gasteiger partial charge in [0.1, 0.15) is 16.4 Å². The van der Waals surface area contributed by atoms with Crippen LogP contribution in [0.5, 0.6) is 11.5 Å². The third-order valence-corrected chi connectivity index (χ3v) is 4.10. The van der Waals surface area contributed by atoms with Crippen LogP contribution in [0.15, 0.2) is 47.4 Å². The number of aromatic amines is 1. The number of fused-ring (bicyclic) bond motifs is 1. The molecule has 0 spiro atoms. The first-order chi connectivity index (χ1) is 9.88. The molecule has 0 aliphatic carbocycles. The quantitative estimate of drug-likeness (QED) is 0.429. The van der Waals surface area contributed by atoms with E-state index in [0.717, 1.165) is 23.0 Å². The summed E-state index contributed by atoms with van der Waals surface area (Å²) < 4.78 is 32.3. The summed E-state index contributed by atoms with van der Waals surface area (Å²) in [5, 5.41) is 20.5. The maximum atomic E-state index is 11.5. The van der Waals surface area contributed by atoms with Crippen LogP contribution in [0.4, 0.5) is 0 Å². The standard InChI is InChI=1S/C14H11NO5S/c16-11-5-6-12(17)14(21(18,19)20)13(11)10-7-8-3-1-2-4-9(8)15-10/h1-7,15-17H,(H,18,19,20). The number of phenols is 2. The predicted octanol–water partition coefficient (Wildman–Crippen LogP) is 2.49. The first-order valence-electron chi connectivity index (χ1n) is 5.98. The lowest BCUT2D eigenvalue weighted by Gasteiger charge is -2.09. The normalized spacial score (nSPS) is 11.9. The number of hydrogen-bond acceptors (Lipinski definition) is 4. The summed E-state index contributed by atoms with van der Waals surface area (Å²) in [6.07, 6.45) is 0. The van der Waals surface area contributed by atoms with E-state index in [4.69, 9.17) is 0 Å². The molecule has 0 saturated heterocycles. The molecular formula is C14H11NO5S. The number of aromatic nitrogens is 1. The highest BCUT2D eigenvalue weighted by Crippen LogP contribution is 2.40. The average Bonchev–Trinajstić information content (AvgIpc) is 2.83. The average molecular weight is 305 g/mol. The fourth-order valence-electron chi connectivity index (χ4n) is 2.29. The summed E-state index contributed by atoms with van der Waals surface area (Å²) in [6.45, 7) is 0. The molecule has 0 bridgehead atoms. The molecule has 0 saturated carbocycles. The minimum absolute atomic E-state index is 0.172. The van der Waals surface area contributed by atoms with E-state index in [0.29, 0.717) is 0 Å². The Morgan fingerprint density at radius 2 is 1.62 bits per heavy atom. The lowest BCUT2D eigenvalue weighted by atomic mass is 10.1. The van der Waals surface area contributed by atoms with Crippen LogP contribution in [0.3, 0.4) is 0 Å². The molecule has 7 heteroatoms. The molecule has 0 unspecified atom stereocenters. The molecule has 0 aliphatic heterocycles. The third kappa shape index (κ3) is 2.22. The second-order valence-corrected chi connectivity index (χ2v) is 5.91. The van der Waals surface area contributed by atoms with Crippen LogP contribution in [0.1, 0.15) is 0 Å². The van der Waals surface area contributed by atoms with Gasteiger partial charge in [-0.05, 0) is 24.3 Å². The van der Waals surface area contributed by atoms with E-state index in [2.05, 4.69) is 4.98 Å². The molecule has 0 atom stereocenters. The van der Waals surface area contributed by atoms with E-state index in [1.165, 1.54) is 0 Å². The maximum Gasteiger partial charge on any atom is 0.299 e. The molecule has 1 aromatic heterocycles. The Labute approximate surface area is 120 Å². The number of H-pyrrole nitrogens is 1. The summed E-state index contributed by atoms with van der Waals surface area (Å²) in [5.74, 6) is -1.00. The van der Waals surface area contributed by atoms with Gasteiger partial charge in [-0.25, -0.2) is 0 Å². The van der Waals surface area contributed by atoms with Gasteiger partial charge >= 0.3 is 0 Å². The Hall–Kier alpha value is -2.51. The second kappa shape index (κ2) is 4.51. The van der Waals surface area contributed by atoms with E-state index in [9.17, 15) is 23.2 Å². The van der Waals surface area contributed by atoms with Gasteiger partial charge in [0.2, 0.25) is 0 Å². The van der Waals surface area contributed by atoms with Gasteiger partial charge in [0, 0.05) is 10.9 Å². The molecule has 3 rings (SSSR count). The van der Waals surface area contributed by atoms with Crippen LogP contribution in [0.25, 0.3) is 22.2 Å². The fraction of sp³-hybridized carbons (Fsp3) is 0. The predicted molar refractivity (Wildman–Crippen MR) is 76.9 cm³/mol. The Kier molecular flexibility index (Phi) is 2.89. The number of para-hydroxylation sites is 1. The minimum Gasteiger partial charge on any atom is -0.507 e. The Morgan fingerprint density at radius 1 is 0.952 bits per heavy atom. The van der Waals surface area contributed by atoms with Crippen molar-refractivity contribution in [3.63, 3.8) is 0 Å². The summed E-state index contributed by atoms with van der Waals surface area (Å²) in [7, 11) is -4.70. The van der Waals surface area contributed by atoms with Gasteiger partial charge in [-0.1, -0.05) is 18.2 Å². The third-order valence-electron chi connectivity index (χ3n) is 3.17. The number of aromatic hydroxyl groups is 2. The van der Waals surface area contributed by atoms with Crippen molar-refractivity contribution in [1.82, 2.24) is 4.98 Å². The Bertz CT molecular complexity index is 910. The van der Waals surface area contributed by atoms with Gasteiger partial charge in [0.05, 0.1) is 11.3 Å². The molecule has 0 amide bonds. The minimum atomic E-state index is -4.70. The van der Waals surface area contributed by atoms with Gasteiger partial charge in [-0.2, -0.15) is 8.42 Å². The molecule has 3 aromatic rings. The molecule has 2 aromatic carbocycles. The van der Waals surface area contributed by atoms with E-state index < -0.39 is 20.8 Å². The van der Waals surface area contributed by atoms with Crippen molar-refractivity contribution in [2.75, 3.05) is 0 Å². The van der Waals surface area contributed by atoms with Crippen molar-refractivity contribution >= 4 is 21.0 Å². The van der Waals surface area contributed by atoms with Crippen LogP contribution in [0, 0.1) is 0 Å². The van der Waals surface area contributed by atoms with E-state index in [-0.39, 0.29) is 17.0 Å². The maximum absolute atomic E-state index is 11.5. The number of phenolic OH excluding ortho intramolecular Hbond substituents is 2. The lowest BCUT2D eigenvalue weighted by molar-refractivity contribution is 0.435. The molecule has 108 valence electrons. The first kappa shape index (κ1) is 13.5. The summed E-state index contributed by atoms with van der Waals surface area (Å²) in [6, 6.07) is 11.0. The zero-order chi connectivity index (χ0) is 15.2. The largest absolute Gasteiger partial charge is 0.507 e. The Balaban J connectivity index is 2.39. The molecule has 6 nitrogen and oxygen atoms in total. The van der Waals surface area contributed by atoms with Crippen LogP contribution in [-0.2, 0) is 10.1 Å². The molecule has 0 fully saturated rings. The number of nitrogens with one attached hydrogen (secondary N) is 1.